The molecule has 2 saturated heterocycles. The topological polar surface area (TPSA) is 60.9 Å². The Morgan fingerprint density at radius 3 is 2.23 bits per heavy atom. The van der Waals surface area contributed by atoms with E-state index in [0.29, 0.717) is 39.1 Å². The lowest BCUT2D eigenvalue weighted by atomic mass is 10.3. The molecule has 0 bridgehead atoms. The molecule has 0 unspecified atom stereocenters. The highest BCUT2D eigenvalue weighted by Crippen LogP contribution is 2.31. The van der Waals surface area contributed by atoms with Gasteiger partial charge in [0, 0.05) is 32.7 Å². The first kappa shape index (κ1) is 19.9. The van der Waals surface area contributed by atoms with Gasteiger partial charge in [0.15, 0.2) is 0 Å². The van der Waals surface area contributed by atoms with Crippen LogP contribution < -0.4 is 0 Å². The number of nitrogens with zero attached hydrogens (tertiary/aromatic N) is 3. The van der Waals surface area contributed by atoms with Crippen LogP contribution in [0.3, 0.4) is 0 Å². The highest BCUT2D eigenvalue weighted by molar-refractivity contribution is 7.89. The number of rotatable bonds is 4. The molecule has 3 rings (SSSR count). The van der Waals surface area contributed by atoms with Gasteiger partial charge in [0.05, 0.1) is 16.6 Å². The lowest BCUT2D eigenvalue weighted by molar-refractivity contribution is -0.131. The molecule has 0 aliphatic carbocycles. The third kappa shape index (κ3) is 4.34. The van der Waals surface area contributed by atoms with Crippen molar-refractivity contribution >= 4 is 39.1 Å². The standard InChI is InChI=1S/C17H23Cl2N3O3S/c18-14-5-3-6-15(19)17(14)26(24,25)22-10-4-7-20(11-12-22)13-16(23)21-8-1-2-9-21/h3,5-6H,1-2,4,7-13H2. The molecule has 0 saturated carbocycles. The average molecular weight is 420 g/mol. The minimum atomic E-state index is -3.77. The lowest BCUT2D eigenvalue weighted by Crippen LogP contribution is -2.41. The van der Waals surface area contributed by atoms with Crippen LogP contribution in [0.25, 0.3) is 0 Å². The molecule has 2 aliphatic heterocycles. The first-order chi connectivity index (χ1) is 12.4. The van der Waals surface area contributed by atoms with Crippen LogP contribution >= 0.6 is 23.2 Å². The maximum Gasteiger partial charge on any atom is 0.246 e. The van der Waals surface area contributed by atoms with Crippen molar-refractivity contribution in [2.24, 2.45) is 0 Å². The van der Waals surface area contributed by atoms with Crippen molar-refractivity contribution in [1.29, 1.82) is 0 Å². The predicted octanol–water partition coefficient (Wildman–Crippen LogP) is 2.31. The van der Waals surface area contributed by atoms with Gasteiger partial charge in [-0.2, -0.15) is 4.31 Å². The zero-order valence-electron chi connectivity index (χ0n) is 14.5. The van der Waals surface area contributed by atoms with Crippen molar-refractivity contribution in [1.82, 2.24) is 14.1 Å². The van der Waals surface area contributed by atoms with Gasteiger partial charge in [-0.1, -0.05) is 29.3 Å². The number of amides is 1. The van der Waals surface area contributed by atoms with Crippen molar-refractivity contribution in [3.05, 3.63) is 28.2 Å². The Labute approximate surface area is 164 Å². The van der Waals surface area contributed by atoms with Gasteiger partial charge >= 0.3 is 0 Å². The average Bonchev–Trinajstić information content (AvgIpc) is 3.01. The third-order valence-corrected chi connectivity index (χ3v) is 7.74. The van der Waals surface area contributed by atoms with Crippen LogP contribution in [0.4, 0.5) is 0 Å². The molecule has 144 valence electrons. The second-order valence-corrected chi connectivity index (χ2v) is 9.36. The number of carbonyl (C=O) groups is 1. The number of benzene rings is 1. The van der Waals surface area contributed by atoms with Crippen LogP contribution in [-0.4, -0.2) is 74.2 Å². The molecular formula is C17H23Cl2N3O3S. The summed E-state index contributed by atoms with van der Waals surface area (Å²) in [5, 5.41) is 0.255. The lowest BCUT2D eigenvalue weighted by Gasteiger charge is -2.24. The molecule has 0 N–H and O–H groups in total. The number of likely N-dealkylation sites (tertiary alicyclic amines) is 1. The summed E-state index contributed by atoms with van der Waals surface area (Å²) in [4.78, 5) is 16.2. The van der Waals surface area contributed by atoms with Gasteiger partial charge in [0.25, 0.3) is 0 Å². The Kier molecular flexibility index (Phi) is 6.45. The predicted molar refractivity (Wildman–Crippen MR) is 102 cm³/mol. The van der Waals surface area contributed by atoms with Crippen LogP contribution in [0.2, 0.25) is 10.0 Å². The summed E-state index contributed by atoms with van der Waals surface area (Å²) in [5.74, 6) is 0.132. The number of hydrogen-bond donors (Lipinski definition) is 0. The fourth-order valence-electron chi connectivity index (χ4n) is 3.46. The van der Waals surface area contributed by atoms with Gasteiger partial charge in [-0.05, 0) is 37.9 Å². The van der Waals surface area contributed by atoms with E-state index in [0.717, 1.165) is 25.9 Å². The quantitative estimate of drug-likeness (QED) is 0.750. The van der Waals surface area contributed by atoms with Crippen LogP contribution in [0, 0.1) is 0 Å². The first-order valence-electron chi connectivity index (χ1n) is 8.84. The van der Waals surface area contributed by atoms with Crippen molar-refractivity contribution in [2.75, 3.05) is 45.8 Å². The number of sulfonamides is 1. The molecule has 2 fully saturated rings. The minimum absolute atomic E-state index is 0.0371. The maximum atomic E-state index is 13.0. The summed E-state index contributed by atoms with van der Waals surface area (Å²) in [7, 11) is -3.77. The van der Waals surface area contributed by atoms with E-state index in [-0.39, 0.29) is 20.8 Å². The van der Waals surface area contributed by atoms with Crippen LogP contribution in [-0.2, 0) is 14.8 Å². The molecule has 0 aromatic heterocycles. The summed E-state index contributed by atoms with van der Waals surface area (Å²) in [6.07, 6.45) is 2.79. The zero-order valence-corrected chi connectivity index (χ0v) is 16.9. The first-order valence-corrected chi connectivity index (χ1v) is 11.0. The fraction of sp³-hybridized carbons (Fsp3) is 0.588. The maximum absolute atomic E-state index is 13.0. The largest absolute Gasteiger partial charge is 0.342 e. The molecule has 0 spiro atoms. The third-order valence-electron chi connectivity index (χ3n) is 4.88. The van der Waals surface area contributed by atoms with E-state index in [2.05, 4.69) is 0 Å². The Hall–Kier alpha value is -0.860. The molecule has 6 nitrogen and oxygen atoms in total. The van der Waals surface area contributed by atoms with E-state index in [1.165, 1.54) is 16.4 Å². The molecule has 9 heteroatoms. The van der Waals surface area contributed by atoms with Gasteiger partial charge in [-0.3, -0.25) is 9.69 Å². The van der Waals surface area contributed by atoms with Crippen molar-refractivity contribution in [2.45, 2.75) is 24.2 Å². The fourth-order valence-corrected chi connectivity index (χ4v) is 6.02. The summed E-state index contributed by atoms with van der Waals surface area (Å²) < 4.78 is 27.4. The minimum Gasteiger partial charge on any atom is -0.342 e. The normalized spacial score (nSPS) is 20.3. The number of carbonyl (C=O) groups excluding carboxylic acids is 1. The summed E-state index contributed by atoms with van der Waals surface area (Å²) in [5.41, 5.74) is 0. The summed E-state index contributed by atoms with van der Waals surface area (Å²) in [6.45, 7) is 3.93. The SMILES string of the molecule is O=C(CN1CCCN(S(=O)(=O)c2c(Cl)cccc2Cl)CC1)N1CCCC1. The van der Waals surface area contributed by atoms with Gasteiger partial charge in [0.1, 0.15) is 4.90 Å². The van der Waals surface area contributed by atoms with Crippen LogP contribution in [0.5, 0.6) is 0 Å². The van der Waals surface area contributed by atoms with E-state index in [4.69, 9.17) is 23.2 Å². The van der Waals surface area contributed by atoms with Gasteiger partial charge in [0.2, 0.25) is 15.9 Å². The Bertz CT molecular complexity index is 746. The molecule has 1 amide bonds. The molecule has 1 aromatic carbocycles. The zero-order chi connectivity index (χ0) is 18.7. The van der Waals surface area contributed by atoms with Gasteiger partial charge < -0.3 is 4.90 Å². The Balaban J connectivity index is 1.67. The summed E-state index contributed by atoms with van der Waals surface area (Å²) >= 11 is 12.2. The van der Waals surface area contributed by atoms with Crippen molar-refractivity contribution < 1.29 is 13.2 Å². The second-order valence-electron chi connectivity index (χ2n) is 6.67. The van der Waals surface area contributed by atoms with E-state index >= 15 is 0 Å². The number of hydrogen-bond acceptors (Lipinski definition) is 4. The molecule has 0 radical (unpaired) electrons. The van der Waals surface area contributed by atoms with E-state index < -0.39 is 10.0 Å². The number of halogens is 2. The van der Waals surface area contributed by atoms with Crippen LogP contribution in [0.1, 0.15) is 19.3 Å². The molecule has 1 aromatic rings. The van der Waals surface area contributed by atoms with E-state index in [1.54, 1.807) is 6.07 Å². The highest BCUT2D eigenvalue weighted by atomic mass is 35.5. The van der Waals surface area contributed by atoms with Crippen molar-refractivity contribution in [3.63, 3.8) is 0 Å². The molecule has 26 heavy (non-hydrogen) atoms. The van der Waals surface area contributed by atoms with E-state index in [1.807, 2.05) is 9.80 Å². The van der Waals surface area contributed by atoms with Gasteiger partial charge in [-0.15, -0.1) is 0 Å². The summed E-state index contributed by atoms with van der Waals surface area (Å²) in [6, 6.07) is 4.68. The molecule has 2 heterocycles. The highest BCUT2D eigenvalue weighted by Gasteiger charge is 2.31. The van der Waals surface area contributed by atoms with Gasteiger partial charge in [-0.25, -0.2) is 8.42 Å². The van der Waals surface area contributed by atoms with Crippen LogP contribution in [0.15, 0.2) is 23.1 Å². The van der Waals surface area contributed by atoms with Crippen molar-refractivity contribution in [3.8, 4) is 0 Å². The smallest absolute Gasteiger partial charge is 0.246 e. The molecular weight excluding hydrogens is 397 g/mol. The second kappa shape index (κ2) is 8.44. The van der Waals surface area contributed by atoms with E-state index in [9.17, 15) is 13.2 Å². The Morgan fingerprint density at radius 1 is 0.923 bits per heavy atom. The molecule has 0 atom stereocenters. The Morgan fingerprint density at radius 2 is 1.58 bits per heavy atom. The molecule has 2 aliphatic rings. The monoisotopic (exact) mass is 419 g/mol.